The summed E-state index contributed by atoms with van der Waals surface area (Å²) >= 11 is 5.62. The Balaban J connectivity index is 1.85. The van der Waals surface area contributed by atoms with Gasteiger partial charge in [0.2, 0.25) is 10.0 Å². The number of aromatic nitrogens is 1. The van der Waals surface area contributed by atoms with Crippen LogP contribution in [-0.4, -0.2) is 57.7 Å². The lowest BCUT2D eigenvalue weighted by Gasteiger charge is -2.26. The molecule has 0 spiro atoms. The van der Waals surface area contributed by atoms with Crippen LogP contribution in [0.4, 0.5) is 0 Å². The van der Waals surface area contributed by atoms with Crippen LogP contribution in [0, 0.1) is 0 Å². The third kappa shape index (κ3) is 4.39. The molecule has 1 N–H and O–H groups in total. The van der Waals surface area contributed by atoms with Crippen molar-refractivity contribution < 1.29 is 13.2 Å². The first-order valence-corrected chi connectivity index (χ1v) is 7.85. The molecule has 0 aliphatic carbocycles. The van der Waals surface area contributed by atoms with Gasteiger partial charge in [-0.1, -0.05) is 11.6 Å². The zero-order chi connectivity index (χ0) is 13.7. The number of morpholine rings is 1. The molecule has 0 aromatic carbocycles. The molecule has 0 saturated carbocycles. The Labute approximate surface area is 117 Å². The standard InChI is InChI=1S/C11H16ClN3O3S/c12-11-2-1-10(9-13-11)19(16,17)14-3-4-15-5-7-18-8-6-15/h1-2,9,14H,3-8H2. The van der Waals surface area contributed by atoms with Crippen molar-refractivity contribution in [2.75, 3.05) is 39.4 Å². The fraction of sp³-hybridized carbons (Fsp3) is 0.545. The van der Waals surface area contributed by atoms with Crippen molar-refractivity contribution in [3.8, 4) is 0 Å². The van der Waals surface area contributed by atoms with Crippen molar-refractivity contribution in [2.45, 2.75) is 4.90 Å². The fourth-order valence-corrected chi connectivity index (χ4v) is 2.84. The van der Waals surface area contributed by atoms with E-state index in [2.05, 4.69) is 14.6 Å². The SMILES string of the molecule is O=S(=O)(NCCN1CCOCC1)c1ccc(Cl)nc1. The molecule has 1 saturated heterocycles. The summed E-state index contributed by atoms with van der Waals surface area (Å²) < 4.78 is 31.7. The minimum Gasteiger partial charge on any atom is -0.379 e. The van der Waals surface area contributed by atoms with Crippen LogP contribution >= 0.6 is 11.6 Å². The average Bonchev–Trinajstić information content (AvgIpc) is 2.40. The van der Waals surface area contributed by atoms with E-state index in [1.807, 2.05) is 0 Å². The molecule has 19 heavy (non-hydrogen) atoms. The molecule has 1 aromatic rings. The zero-order valence-corrected chi connectivity index (χ0v) is 12.0. The Morgan fingerprint density at radius 1 is 1.37 bits per heavy atom. The summed E-state index contributed by atoms with van der Waals surface area (Å²) in [6, 6.07) is 2.89. The van der Waals surface area contributed by atoms with E-state index in [-0.39, 0.29) is 10.0 Å². The maximum atomic E-state index is 11.9. The second-order valence-corrected chi connectivity index (χ2v) is 6.32. The largest absolute Gasteiger partial charge is 0.379 e. The van der Waals surface area contributed by atoms with E-state index in [9.17, 15) is 8.42 Å². The van der Waals surface area contributed by atoms with Crippen molar-refractivity contribution in [3.63, 3.8) is 0 Å². The van der Waals surface area contributed by atoms with Gasteiger partial charge in [0.25, 0.3) is 0 Å². The summed E-state index contributed by atoms with van der Waals surface area (Å²) in [5, 5.41) is 0.271. The van der Waals surface area contributed by atoms with Crippen molar-refractivity contribution in [2.24, 2.45) is 0 Å². The molecule has 1 aliphatic heterocycles. The van der Waals surface area contributed by atoms with Crippen molar-refractivity contribution >= 4 is 21.6 Å². The summed E-state index contributed by atoms with van der Waals surface area (Å²) in [6.45, 7) is 4.12. The van der Waals surface area contributed by atoms with E-state index in [1.54, 1.807) is 0 Å². The molecule has 1 fully saturated rings. The number of sulfonamides is 1. The topological polar surface area (TPSA) is 71.5 Å². The maximum absolute atomic E-state index is 11.9. The molecule has 6 nitrogen and oxygen atoms in total. The molecule has 2 heterocycles. The Kier molecular flexibility index (Phi) is 5.12. The first-order chi connectivity index (χ1) is 9.08. The maximum Gasteiger partial charge on any atom is 0.242 e. The highest BCUT2D eigenvalue weighted by Crippen LogP contribution is 2.10. The Morgan fingerprint density at radius 2 is 2.11 bits per heavy atom. The van der Waals surface area contributed by atoms with Crippen LogP contribution < -0.4 is 4.72 Å². The number of pyridine rings is 1. The molecule has 2 rings (SSSR count). The van der Waals surface area contributed by atoms with Crippen molar-refractivity contribution in [1.82, 2.24) is 14.6 Å². The predicted octanol–water partition coefficient (Wildman–Crippen LogP) is 0.345. The van der Waals surface area contributed by atoms with Gasteiger partial charge in [-0.05, 0) is 12.1 Å². The number of hydrogen-bond acceptors (Lipinski definition) is 5. The van der Waals surface area contributed by atoms with Gasteiger partial charge in [0.1, 0.15) is 10.0 Å². The fourth-order valence-electron chi connectivity index (χ4n) is 1.77. The van der Waals surface area contributed by atoms with Crippen LogP contribution in [0.3, 0.4) is 0 Å². The number of nitrogens with one attached hydrogen (secondary N) is 1. The van der Waals surface area contributed by atoms with Crippen LogP contribution in [0.1, 0.15) is 0 Å². The lowest BCUT2D eigenvalue weighted by Crippen LogP contribution is -2.41. The highest BCUT2D eigenvalue weighted by Gasteiger charge is 2.15. The predicted molar refractivity (Wildman–Crippen MR) is 71.7 cm³/mol. The van der Waals surface area contributed by atoms with Crippen LogP contribution in [-0.2, 0) is 14.8 Å². The molecule has 106 valence electrons. The summed E-state index contributed by atoms with van der Waals surface area (Å²) in [6.07, 6.45) is 1.25. The lowest BCUT2D eigenvalue weighted by atomic mass is 10.4. The molecule has 0 unspecified atom stereocenters. The number of ether oxygens (including phenoxy) is 1. The monoisotopic (exact) mass is 305 g/mol. The van der Waals surface area contributed by atoms with Gasteiger partial charge in [-0.3, -0.25) is 4.90 Å². The molecule has 0 radical (unpaired) electrons. The number of hydrogen-bond donors (Lipinski definition) is 1. The number of halogens is 1. The Bertz CT molecular complexity index is 500. The van der Waals surface area contributed by atoms with E-state index >= 15 is 0 Å². The second kappa shape index (κ2) is 6.62. The van der Waals surface area contributed by atoms with Crippen LogP contribution in [0.5, 0.6) is 0 Å². The van der Waals surface area contributed by atoms with Gasteiger partial charge in [0.15, 0.2) is 0 Å². The molecule has 0 amide bonds. The van der Waals surface area contributed by atoms with Crippen LogP contribution in [0.25, 0.3) is 0 Å². The van der Waals surface area contributed by atoms with Gasteiger partial charge in [0.05, 0.1) is 13.2 Å². The summed E-state index contributed by atoms with van der Waals surface area (Å²) in [5.74, 6) is 0. The first-order valence-electron chi connectivity index (χ1n) is 5.99. The third-order valence-electron chi connectivity index (χ3n) is 2.83. The van der Waals surface area contributed by atoms with Gasteiger partial charge in [-0.15, -0.1) is 0 Å². The van der Waals surface area contributed by atoms with Crippen molar-refractivity contribution in [1.29, 1.82) is 0 Å². The summed E-state index contributed by atoms with van der Waals surface area (Å²) in [5.41, 5.74) is 0. The quantitative estimate of drug-likeness (QED) is 0.795. The smallest absolute Gasteiger partial charge is 0.242 e. The normalized spacial score (nSPS) is 17.5. The molecule has 1 aromatic heterocycles. The molecule has 8 heteroatoms. The van der Waals surface area contributed by atoms with Gasteiger partial charge >= 0.3 is 0 Å². The first kappa shape index (κ1) is 14.7. The third-order valence-corrected chi connectivity index (χ3v) is 4.50. The van der Waals surface area contributed by atoms with Crippen LogP contribution in [0.15, 0.2) is 23.2 Å². The molecule has 0 atom stereocenters. The van der Waals surface area contributed by atoms with E-state index < -0.39 is 10.0 Å². The minimum absolute atomic E-state index is 0.124. The molecular formula is C11H16ClN3O3S. The van der Waals surface area contributed by atoms with E-state index in [1.165, 1.54) is 18.3 Å². The lowest BCUT2D eigenvalue weighted by molar-refractivity contribution is 0.0390. The number of rotatable bonds is 5. The van der Waals surface area contributed by atoms with Gasteiger partial charge in [-0.25, -0.2) is 18.1 Å². The molecule has 1 aliphatic rings. The van der Waals surface area contributed by atoms with Gasteiger partial charge in [-0.2, -0.15) is 0 Å². The minimum atomic E-state index is -3.51. The highest BCUT2D eigenvalue weighted by atomic mass is 35.5. The molecular weight excluding hydrogens is 290 g/mol. The van der Waals surface area contributed by atoms with E-state index in [0.29, 0.717) is 26.3 Å². The van der Waals surface area contributed by atoms with E-state index in [4.69, 9.17) is 16.3 Å². The van der Waals surface area contributed by atoms with Crippen LogP contribution in [0.2, 0.25) is 5.15 Å². The van der Waals surface area contributed by atoms with Gasteiger partial charge in [0, 0.05) is 32.4 Å². The summed E-state index contributed by atoms with van der Waals surface area (Å²) in [7, 11) is -3.51. The highest BCUT2D eigenvalue weighted by molar-refractivity contribution is 7.89. The average molecular weight is 306 g/mol. The Hall–Kier alpha value is -0.730. The Morgan fingerprint density at radius 3 is 2.74 bits per heavy atom. The zero-order valence-electron chi connectivity index (χ0n) is 10.4. The second-order valence-electron chi connectivity index (χ2n) is 4.17. The van der Waals surface area contributed by atoms with E-state index in [0.717, 1.165) is 13.1 Å². The number of nitrogens with zero attached hydrogens (tertiary/aromatic N) is 2. The summed E-state index contributed by atoms with van der Waals surface area (Å²) in [4.78, 5) is 6.05. The van der Waals surface area contributed by atoms with Gasteiger partial charge < -0.3 is 4.74 Å². The van der Waals surface area contributed by atoms with Crippen molar-refractivity contribution in [3.05, 3.63) is 23.5 Å². The molecule has 0 bridgehead atoms.